The molecule has 0 atom stereocenters. The van der Waals surface area contributed by atoms with E-state index in [4.69, 9.17) is 4.98 Å². The molecule has 23 heavy (non-hydrogen) atoms. The first-order valence-electron chi connectivity index (χ1n) is 7.32. The molecule has 6 nitrogen and oxygen atoms in total. The number of hydrogen-bond donors (Lipinski definition) is 0. The molecule has 0 unspecified atom stereocenters. The molecule has 0 amide bonds. The van der Waals surface area contributed by atoms with Crippen LogP contribution in [0.1, 0.15) is 5.69 Å². The van der Waals surface area contributed by atoms with Crippen LogP contribution in [0.15, 0.2) is 59.5 Å². The molecule has 0 spiro atoms. The van der Waals surface area contributed by atoms with Gasteiger partial charge < -0.3 is 0 Å². The fourth-order valence-corrected chi connectivity index (χ4v) is 3.10. The second kappa shape index (κ2) is 4.36. The minimum absolute atomic E-state index is 0.0462. The third-order valence-electron chi connectivity index (χ3n) is 4.17. The quantitative estimate of drug-likeness (QED) is 0.439. The molecule has 2 aromatic carbocycles. The molecular formula is C17H11N5O. The van der Waals surface area contributed by atoms with E-state index in [-0.39, 0.29) is 5.56 Å². The number of rotatable bonds is 0. The van der Waals surface area contributed by atoms with Crippen molar-refractivity contribution >= 4 is 10.9 Å². The topological polar surface area (TPSA) is 65.6 Å². The van der Waals surface area contributed by atoms with Crippen LogP contribution < -0.4 is 5.56 Å². The summed E-state index contributed by atoms with van der Waals surface area (Å²) < 4.78 is 3.47. The highest BCUT2D eigenvalue weighted by atomic mass is 16.1. The Labute approximate surface area is 130 Å². The molecule has 2 aromatic heterocycles. The Morgan fingerprint density at radius 2 is 1.83 bits per heavy atom. The van der Waals surface area contributed by atoms with E-state index in [1.54, 1.807) is 15.4 Å². The number of benzene rings is 2. The molecule has 0 bridgehead atoms. The van der Waals surface area contributed by atoms with Crippen LogP contribution in [0.25, 0.3) is 28.0 Å². The Morgan fingerprint density at radius 3 is 2.78 bits per heavy atom. The van der Waals surface area contributed by atoms with Gasteiger partial charge in [0.15, 0.2) is 0 Å². The van der Waals surface area contributed by atoms with Gasteiger partial charge in [-0.15, -0.1) is 5.10 Å². The van der Waals surface area contributed by atoms with E-state index < -0.39 is 0 Å². The van der Waals surface area contributed by atoms with Gasteiger partial charge in [-0.3, -0.25) is 9.36 Å². The highest BCUT2D eigenvalue weighted by Gasteiger charge is 2.22. The second-order valence-corrected chi connectivity index (χ2v) is 5.50. The van der Waals surface area contributed by atoms with Gasteiger partial charge in [-0.2, -0.15) is 0 Å². The third kappa shape index (κ3) is 1.63. The Hall–Kier alpha value is -3.28. The van der Waals surface area contributed by atoms with Crippen molar-refractivity contribution < 1.29 is 0 Å². The Kier molecular flexibility index (Phi) is 2.33. The second-order valence-electron chi connectivity index (χ2n) is 5.50. The van der Waals surface area contributed by atoms with Crippen molar-refractivity contribution in [2.24, 2.45) is 0 Å². The number of nitrogens with zero attached hydrogens (tertiary/aromatic N) is 5. The molecular weight excluding hydrogens is 290 g/mol. The summed E-state index contributed by atoms with van der Waals surface area (Å²) in [6.07, 6.45) is 1.69. The predicted octanol–water partition coefficient (Wildman–Crippen LogP) is 2.01. The minimum Gasteiger partial charge on any atom is -0.286 e. The van der Waals surface area contributed by atoms with Gasteiger partial charge in [-0.1, -0.05) is 29.5 Å². The molecule has 5 rings (SSSR count). The van der Waals surface area contributed by atoms with Crippen molar-refractivity contribution in [1.29, 1.82) is 0 Å². The molecule has 0 saturated carbocycles. The number of fused-ring (bicyclic) bond motifs is 6. The lowest BCUT2D eigenvalue weighted by Crippen LogP contribution is -2.23. The monoisotopic (exact) mass is 301 g/mol. The number of hydrogen-bond acceptors (Lipinski definition) is 4. The summed E-state index contributed by atoms with van der Waals surface area (Å²) in [5, 5.41) is 8.77. The van der Waals surface area contributed by atoms with Crippen LogP contribution in [0.3, 0.4) is 0 Å². The van der Waals surface area contributed by atoms with Crippen molar-refractivity contribution in [3.8, 4) is 17.1 Å². The normalized spacial score (nSPS) is 12.3. The molecule has 0 radical (unpaired) electrons. The van der Waals surface area contributed by atoms with E-state index in [0.29, 0.717) is 23.3 Å². The lowest BCUT2D eigenvalue weighted by atomic mass is 10.1. The average molecular weight is 301 g/mol. The molecule has 4 aromatic rings. The average Bonchev–Trinajstić information content (AvgIpc) is 3.01. The van der Waals surface area contributed by atoms with Gasteiger partial charge in [0, 0.05) is 5.56 Å². The van der Waals surface area contributed by atoms with Crippen molar-refractivity contribution in [3.63, 3.8) is 0 Å². The lowest BCUT2D eigenvalue weighted by molar-refractivity contribution is 0.707. The van der Waals surface area contributed by atoms with Gasteiger partial charge in [-0.25, -0.2) is 9.67 Å². The lowest BCUT2D eigenvalue weighted by Gasteiger charge is -2.11. The minimum atomic E-state index is -0.0462. The summed E-state index contributed by atoms with van der Waals surface area (Å²) in [7, 11) is 0. The molecule has 0 saturated heterocycles. The van der Waals surface area contributed by atoms with Crippen LogP contribution in [-0.2, 0) is 6.54 Å². The summed E-state index contributed by atoms with van der Waals surface area (Å²) in [4.78, 5) is 17.7. The van der Waals surface area contributed by atoms with Gasteiger partial charge in [0.1, 0.15) is 5.82 Å². The summed E-state index contributed by atoms with van der Waals surface area (Å²) in [6.45, 7) is 0.397. The third-order valence-corrected chi connectivity index (χ3v) is 4.17. The maximum Gasteiger partial charge on any atom is 0.262 e. The predicted molar refractivity (Wildman–Crippen MR) is 85.5 cm³/mol. The van der Waals surface area contributed by atoms with Crippen molar-refractivity contribution in [3.05, 3.63) is 70.8 Å². The van der Waals surface area contributed by atoms with Crippen molar-refractivity contribution in [1.82, 2.24) is 24.5 Å². The van der Waals surface area contributed by atoms with E-state index in [9.17, 15) is 4.79 Å². The standard InChI is InChI=1S/C17H11N5O/c23-17-12-5-1-3-7-14(12)19-16-13-6-2-4-8-15(13)22-11(9-18-20-22)10-21(16)17/h1-9H,10H2. The van der Waals surface area contributed by atoms with E-state index in [0.717, 1.165) is 16.9 Å². The maximum atomic E-state index is 12.9. The van der Waals surface area contributed by atoms with Gasteiger partial charge in [0.25, 0.3) is 5.56 Å². The number of para-hydroxylation sites is 2. The summed E-state index contributed by atoms with van der Waals surface area (Å²) >= 11 is 0. The zero-order valence-electron chi connectivity index (χ0n) is 12.0. The van der Waals surface area contributed by atoms with Crippen molar-refractivity contribution in [2.75, 3.05) is 0 Å². The summed E-state index contributed by atoms with van der Waals surface area (Å²) in [5.41, 5.74) is 3.27. The van der Waals surface area contributed by atoms with E-state index in [1.165, 1.54) is 0 Å². The van der Waals surface area contributed by atoms with Crippen molar-refractivity contribution in [2.45, 2.75) is 6.54 Å². The summed E-state index contributed by atoms with van der Waals surface area (Å²) in [5.74, 6) is 0.662. The first-order chi connectivity index (χ1) is 11.3. The zero-order chi connectivity index (χ0) is 15.4. The fourth-order valence-electron chi connectivity index (χ4n) is 3.10. The molecule has 110 valence electrons. The van der Waals surface area contributed by atoms with Gasteiger partial charge in [-0.05, 0) is 24.3 Å². The number of aromatic nitrogens is 5. The molecule has 0 aliphatic carbocycles. The van der Waals surface area contributed by atoms with E-state index in [2.05, 4.69) is 10.3 Å². The van der Waals surface area contributed by atoms with Crippen LogP contribution in [-0.4, -0.2) is 24.5 Å². The highest BCUT2D eigenvalue weighted by molar-refractivity contribution is 5.81. The molecule has 1 aliphatic rings. The molecule has 1 aliphatic heterocycles. The Balaban J connectivity index is 1.98. The van der Waals surface area contributed by atoms with E-state index in [1.807, 2.05) is 48.5 Å². The molecule has 0 N–H and O–H groups in total. The highest BCUT2D eigenvalue weighted by Crippen LogP contribution is 2.29. The molecule has 3 heterocycles. The van der Waals surface area contributed by atoms with Crippen LogP contribution in [0.4, 0.5) is 0 Å². The van der Waals surface area contributed by atoms with Gasteiger partial charge in [0.05, 0.1) is 35.0 Å². The van der Waals surface area contributed by atoms with E-state index >= 15 is 0 Å². The first-order valence-corrected chi connectivity index (χ1v) is 7.32. The Bertz CT molecular complexity index is 1130. The smallest absolute Gasteiger partial charge is 0.262 e. The first kappa shape index (κ1) is 12.3. The van der Waals surface area contributed by atoms with Gasteiger partial charge >= 0.3 is 0 Å². The molecule has 6 heteroatoms. The Morgan fingerprint density at radius 1 is 1.00 bits per heavy atom. The van der Waals surface area contributed by atoms with Crippen LogP contribution in [0, 0.1) is 0 Å². The largest absolute Gasteiger partial charge is 0.286 e. The summed E-state index contributed by atoms with van der Waals surface area (Å²) in [6, 6.07) is 15.2. The van der Waals surface area contributed by atoms with Crippen LogP contribution in [0.5, 0.6) is 0 Å². The maximum absolute atomic E-state index is 12.9. The SMILES string of the molecule is O=c1c2ccccc2nc2n1Cc1cnnn1-c1ccccc1-2. The van der Waals surface area contributed by atoms with Crippen LogP contribution in [0.2, 0.25) is 0 Å². The zero-order valence-corrected chi connectivity index (χ0v) is 12.0. The fraction of sp³-hybridized carbons (Fsp3) is 0.0588. The molecule has 0 fully saturated rings. The van der Waals surface area contributed by atoms with Crippen LogP contribution >= 0.6 is 0 Å². The van der Waals surface area contributed by atoms with Gasteiger partial charge in [0.2, 0.25) is 0 Å².